The standard InChI is InChI=1S/C21H20ClN3O3/c1-3-10-28-19-9-4-16(11-20(19)27-2)21(26)23-12-15-13-24-25(14-15)18-7-5-17(22)6-8-18/h3-9,11,13-14H,1,10,12H2,2H3,(H,23,26). The number of amides is 1. The first-order chi connectivity index (χ1) is 13.6. The number of hydrogen-bond acceptors (Lipinski definition) is 4. The van der Waals surface area contributed by atoms with Crippen molar-refractivity contribution in [2.75, 3.05) is 13.7 Å². The molecule has 0 saturated carbocycles. The second-order valence-corrected chi connectivity index (χ2v) is 6.35. The first-order valence-corrected chi connectivity index (χ1v) is 8.98. The predicted molar refractivity (Wildman–Crippen MR) is 108 cm³/mol. The van der Waals surface area contributed by atoms with E-state index >= 15 is 0 Å². The molecule has 0 aliphatic carbocycles. The molecule has 1 aromatic heterocycles. The van der Waals surface area contributed by atoms with E-state index in [9.17, 15) is 4.79 Å². The van der Waals surface area contributed by atoms with E-state index in [1.807, 2.05) is 18.3 Å². The van der Waals surface area contributed by atoms with Crippen molar-refractivity contribution in [1.29, 1.82) is 0 Å². The van der Waals surface area contributed by atoms with Crippen LogP contribution in [0.5, 0.6) is 11.5 Å². The van der Waals surface area contributed by atoms with Crippen molar-refractivity contribution in [1.82, 2.24) is 15.1 Å². The Morgan fingerprint density at radius 1 is 1.25 bits per heavy atom. The maximum atomic E-state index is 12.5. The molecule has 3 rings (SSSR count). The normalized spacial score (nSPS) is 10.4. The third-order valence-electron chi connectivity index (χ3n) is 3.96. The summed E-state index contributed by atoms with van der Waals surface area (Å²) < 4.78 is 12.5. The van der Waals surface area contributed by atoms with Crippen LogP contribution in [-0.4, -0.2) is 29.4 Å². The summed E-state index contributed by atoms with van der Waals surface area (Å²) in [7, 11) is 1.53. The number of nitrogens with one attached hydrogen (secondary N) is 1. The number of aromatic nitrogens is 2. The zero-order chi connectivity index (χ0) is 19.9. The number of halogens is 1. The molecule has 0 aliphatic rings. The molecule has 3 aromatic rings. The fraction of sp³-hybridized carbons (Fsp3) is 0.143. The number of carbonyl (C=O) groups is 1. The zero-order valence-electron chi connectivity index (χ0n) is 15.4. The lowest BCUT2D eigenvalue weighted by molar-refractivity contribution is 0.0950. The quantitative estimate of drug-likeness (QED) is 0.583. The molecule has 0 saturated heterocycles. The van der Waals surface area contributed by atoms with Gasteiger partial charge in [0.05, 0.1) is 19.0 Å². The fourth-order valence-corrected chi connectivity index (χ4v) is 2.67. The van der Waals surface area contributed by atoms with Crippen LogP contribution in [0.15, 0.2) is 67.5 Å². The monoisotopic (exact) mass is 397 g/mol. The summed E-state index contributed by atoms with van der Waals surface area (Å²) in [5.41, 5.74) is 2.25. The topological polar surface area (TPSA) is 65.4 Å². The van der Waals surface area contributed by atoms with Crippen LogP contribution in [0.1, 0.15) is 15.9 Å². The van der Waals surface area contributed by atoms with Crippen LogP contribution >= 0.6 is 11.6 Å². The van der Waals surface area contributed by atoms with Crippen molar-refractivity contribution in [2.45, 2.75) is 6.54 Å². The molecule has 0 spiro atoms. The molecule has 28 heavy (non-hydrogen) atoms. The van der Waals surface area contributed by atoms with Crippen molar-refractivity contribution in [3.63, 3.8) is 0 Å². The van der Waals surface area contributed by atoms with Crippen molar-refractivity contribution >= 4 is 17.5 Å². The van der Waals surface area contributed by atoms with Crippen LogP contribution < -0.4 is 14.8 Å². The summed E-state index contributed by atoms with van der Waals surface area (Å²) >= 11 is 5.91. The highest BCUT2D eigenvalue weighted by Gasteiger charge is 2.11. The van der Waals surface area contributed by atoms with E-state index in [1.165, 1.54) is 7.11 Å². The maximum absolute atomic E-state index is 12.5. The van der Waals surface area contributed by atoms with Crippen molar-refractivity contribution in [3.05, 3.63) is 83.7 Å². The van der Waals surface area contributed by atoms with Crippen LogP contribution in [0, 0.1) is 0 Å². The molecule has 0 aliphatic heterocycles. The Morgan fingerprint density at radius 3 is 2.75 bits per heavy atom. The molecular formula is C21H20ClN3O3. The van der Waals surface area contributed by atoms with Crippen molar-refractivity contribution < 1.29 is 14.3 Å². The van der Waals surface area contributed by atoms with Gasteiger partial charge in [0.2, 0.25) is 0 Å². The molecule has 7 heteroatoms. The molecule has 0 bridgehead atoms. The van der Waals surface area contributed by atoms with Gasteiger partial charge in [0, 0.05) is 28.9 Å². The molecule has 0 atom stereocenters. The Balaban J connectivity index is 1.64. The second kappa shape index (κ2) is 9.10. The van der Waals surface area contributed by atoms with Gasteiger partial charge in [0.25, 0.3) is 5.91 Å². The SMILES string of the molecule is C=CCOc1ccc(C(=O)NCc2cnn(-c3ccc(Cl)cc3)c2)cc1OC. The van der Waals surface area contributed by atoms with E-state index in [2.05, 4.69) is 17.0 Å². The molecule has 0 radical (unpaired) electrons. The number of benzene rings is 2. The number of carbonyl (C=O) groups excluding carboxylic acids is 1. The lowest BCUT2D eigenvalue weighted by Gasteiger charge is -2.11. The Bertz CT molecular complexity index is 967. The number of rotatable bonds is 8. The minimum atomic E-state index is -0.215. The summed E-state index contributed by atoms with van der Waals surface area (Å²) in [4.78, 5) is 12.5. The number of methoxy groups -OCH3 is 1. The van der Waals surface area contributed by atoms with Gasteiger partial charge in [-0.2, -0.15) is 5.10 Å². The molecule has 0 fully saturated rings. The van der Waals surface area contributed by atoms with Gasteiger partial charge in [-0.05, 0) is 42.5 Å². The summed E-state index contributed by atoms with van der Waals surface area (Å²) in [6.07, 6.45) is 5.21. The predicted octanol–water partition coefficient (Wildman–Crippen LogP) is 4.03. The fourth-order valence-electron chi connectivity index (χ4n) is 2.55. The Labute approximate surface area is 168 Å². The largest absolute Gasteiger partial charge is 0.493 e. The van der Waals surface area contributed by atoms with Gasteiger partial charge in [0.1, 0.15) is 6.61 Å². The summed E-state index contributed by atoms with van der Waals surface area (Å²) in [6.45, 7) is 4.32. The minimum absolute atomic E-state index is 0.215. The lowest BCUT2D eigenvalue weighted by Crippen LogP contribution is -2.22. The smallest absolute Gasteiger partial charge is 0.251 e. The van der Waals surface area contributed by atoms with Crippen LogP contribution in [0.3, 0.4) is 0 Å². The highest BCUT2D eigenvalue weighted by atomic mass is 35.5. The van der Waals surface area contributed by atoms with E-state index in [-0.39, 0.29) is 5.91 Å². The third kappa shape index (κ3) is 4.72. The Morgan fingerprint density at radius 2 is 2.04 bits per heavy atom. The van der Waals surface area contributed by atoms with E-state index in [0.29, 0.717) is 35.2 Å². The van der Waals surface area contributed by atoms with Gasteiger partial charge in [-0.25, -0.2) is 4.68 Å². The first-order valence-electron chi connectivity index (χ1n) is 8.60. The molecule has 1 amide bonds. The molecule has 144 valence electrons. The third-order valence-corrected chi connectivity index (χ3v) is 4.21. The van der Waals surface area contributed by atoms with E-state index in [0.717, 1.165) is 11.3 Å². The Kier molecular flexibility index (Phi) is 6.34. The average Bonchev–Trinajstić information content (AvgIpc) is 3.20. The number of hydrogen-bond donors (Lipinski definition) is 1. The molecule has 0 unspecified atom stereocenters. The van der Waals surface area contributed by atoms with Gasteiger partial charge in [-0.1, -0.05) is 24.3 Å². The summed E-state index contributed by atoms with van der Waals surface area (Å²) in [5, 5.41) is 7.86. The van der Waals surface area contributed by atoms with Crippen LogP contribution in [-0.2, 0) is 6.54 Å². The zero-order valence-corrected chi connectivity index (χ0v) is 16.1. The van der Waals surface area contributed by atoms with Crippen molar-refractivity contribution in [3.8, 4) is 17.2 Å². The van der Waals surface area contributed by atoms with Crippen LogP contribution in [0.25, 0.3) is 5.69 Å². The molecule has 1 heterocycles. The van der Waals surface area contributed by atoms with Gasteiger partial charge in [-0.15, -0.1) is 0 Å². The molecule has 1 N–H and O–H groups in total. The first kappa shape index (κ1) is 19.5. The van der Waals surface area contributed by atoms with Crippen LogP contribution in [0.4, 0.5) is 0 Å². The average molecular weight is 398 g/mol. The van der Waals surface area contributed by atoms with Crippen molar-refractivity contribution in [2.24, 2.45) is 0 Å². The van der Waals surface area contributed by atoms with Gasteiger partial charge in [0.15, 0.2) is 11.5 Å². The van der Waals surface area contributed by atoms with Crippen LogP contribution in [0.2, 0.25) is 5.02 Å². The molecule has 2 aromatic carbocycles. The van der Waals surface area contributed by atoms with Gasteiger partial charge < -0.3 is 14.8 Å². The maximum Gasteiger partial charge on any atom is 0.251 e. The number of ether oxygens (including phenoxy) is 2. The Hall–Kier alpha value is -3.25. The number of nitrogens with zero attached hydrogens (tertiary/aromatic N) is 2. The van der Waals surface area contributed by atoms with E-state index in [4.69, 9.17) is 21.1 Å². The highest BCUT2D eigenvalue weighted by Crippen LogP contribution is 2.28. The summed E-state index contributed by atoms with van der Waals surface area (Å²) in [5.74, 6) is 0.834. The second-order valence-electron chi connectivity index (χ2n) is 5.92. The van der Waals surface area contributed by atoms with E-state index < -0.39 is 0 Å². The minimum Gasteiger partial charge on any atom is -0.493 e. The van der Waals surface area contributed by atoms with Gasteiger partial charge in [-0.3, -0.25) is 4.79 Å². The van der Waals surface area contributed by atoms with E-state index in [1.54, 1.807) is 47.3 Å². The highest BCUT2D eigenvalue weighted by molar-refractivity contribution is 6.30. The summed E-state index contributed by atoms with van der Waals surface area (Å²) in [6, 6.07) is 12.4. The lowest BCUT2D eigenvalue weighted by atomic mass is 10.2. The molecule has 6 nitrogen and oxygen atoms in total. The molecular weight excluding hydrogens is 378 g/mol. The van der Waals surface area contributed by atoms with Gasteiger partial charge >= 0.3 is 0 Å².